The summed E-state index contributed by atoms with van der Waals surface area (Å²) in [6, 6.07) is 11.4. The summed E-state index contributed by atoms with van der Waals surface area (Å²) in [7, 11) is 1.53. The van der Waals surface area contributed by atoms with E-state index in [4.69, 9.17) is 18.9 Å². The molecule has 1 aromatic heterocycles. The van der Waals surface area contributed by atoms with Crippen LogP contribution in [0.25, 0.3) is 6.08 Å². The molecule has 1 aliphatic heterocycles. The minimum atomic E-state index is -0.812. The van der Waals surface area contributed by atoms with Gasteiger partial charge < -0.3 is 18.9 Å². The van der Waals surface area contributed by atoms with Gasteiger partial charge in [-0.05, 0) is 57.5 Å². The van der Waals surface area contributed by atoms with Crippen molar-refractivity contribution in [3.63, 3.8) is 0 Å². The van der Waals surface area contributed by atoms with E-state index in [2.05, 4.69) is 4.99 Å². The standard InChI is InChI=1S/C29H30N2O7S/c1-7-36-28(34)25-17(4)30-29-31(26(25)20-12-13-22(37-16(2)3)23(14-20)35-6)27(33)24(39-29)15-19-10-8-9-11-21(19)38-18(5)32/h8-16,26H,7H2,1-6H3/b24-15+/t26-/m0/s1. The summed E-state index contributed by atoms with van der Waals surface area (Å²) >= 11 is 1.18. The highest BCUT2D eigenvalue weighted by Crippen LogP contribution is 2.36. The van der Waals surface area contributed by atoms with Gasteiger partial charge in [0.25, 0.3) is 5.56 Å². The third-order valence-electron chi connectivity index (χ3n) is 5.84. The maximum absolute atomic E-state index is 13.9. The molecule has 4 rings (SSSR count). The van der Waals surface area contributed by atoms with Crippen molar-refractivity contribution in [3.05, 3.63) is 84.5 Å². The second-order valence-electron chi connectivity index (χ2n) is 9.01. The molecule has 0 bridgehead atoms. The fourth-order valence-electron chi connectivity index (χ4n) is 4.30. The summed E-state index contributed by atoms with van der Waals surface area (Å²) < 4.78 is 24.0. The zero-order valence-corrected chi connectivity index (χ0v) is 23.5. The number of methoxy groups -OCH3 is 1. The highest BCUT2D eigenvalue weighted by molar-refractivity contribution is 7.07. The molecular formula is C29H30N2O7S. The number of rotatable bonds is 8. The number of nitrogens with zero attached hydrogens (tertiary/aromatic N) is 2. The predicted molar refractivity (Wildman–Crippen MR) is 147 cm³/mol. The van der Waals surface area contributed by atoms with E-state index in [9.17, 15) is 14.4 Å². The Hall–Kier alpha value is -4.18. The van der Waals surface area contributed by atoms with Gasteiger partial charge in [0.05, 0.1) is 41.7 Å². The molecule has 0 spiro atoms. The van der Waals surface area contributed by atoms with Gasteiger partial charge in [0.1, 0.15) is 5.75 Å². The van der Waals surface area contributed by atoms with Crippen LogP contribution >= 0.6 is 11.3 Å². The van der Waals surface area contributed by atoms with E-state index in [-0.39, 0.29) is 23.8 Å². The molecule has 0 unspecified atom stereocenters. The molecule has 0 fully saturated rings. The summed E-state index contributed by atoms with van der Waals surface area (Å²) in [6.07, 6.45) is 1.58. The SMILES string of the molecule is CCOC(=O)C1=C(C)N=c2s/c(=C/c3ccccc3OC(C)=O)c(=O)n2[C@H]1c1ccc(OC(C)C)c(OC)c1. The Morgan fingerprint density at radius 2 is 1.87 bits per heavy atom. The number of para-hydroxylation sites is 1. The first kappa shape index (κ1) is 27.8. The molecule has 1 aliphatic rings. The Bertz CT molecular complexity index is 1630. The second-order valence-corrected chi connectivity index (χ2v) is 10.0. The molecular weight excluding hydrogens is 520 g/mol. The zero-order chi connectivity index (χ0) is 28.3. The highest BCUT2D eigenvalue weighted by atomic mass is 32.1. The van der Waals surface area contributed by atoms with Crippen LogP contribution in [0, 0.1) is 0 Å². The topological polar surface area (TPSA) is 105 Å². The van der Waals surface area contributed by atoms with Crippen molar-refractivity contribution >= 4 is 29.4 Å². The Morgan fingerprint density at radius 1 is 1.13 bits per heavy atom. The van der Waals surface area contributed by atoms with Gasteiger partial charge >= 0.3 is 11.9 Å². The van der Waals surface area contributed by atoms with E-state index in [1.807, 2.05) is 13.8 Å². The molecule has 0 saturated carbocycles. The lowest BCUT2D eigenvalue weighted by Crippen LogP contribution is -2.40. The molecule has 3 aromatic rings. The third kappa shape index (κ3) is 5.80. The van der Waals surface area contributed by atoms with Gasteiger partial charge in [0, 0.05) is 12.5 Å². The van der Waals surface area contributed by atoms with Gasteiger partial charge in [0.2, 0.25) is 0 Å². The molecule has 204 valence electrons. The number of allylic oxidation sites excluding steroid dienone is 1. The fraction of sp³-hybridized carbons (Fsp3) is 0.310. The summed E-state index contributed by atoms with van der Waals surface area (Å²) in [5.41, 5.74) is 1.56. The number of carbonyl (C=O) groups is 2. The van der Waals surface area contributed by atoms with Crippen molar-refractivity contribution in [2.24, 2.45) is 4.99 Å². The molecule has 2 aromatic carbocycles. The van der Waals surface area contributed by atoms with Crippen molar-refractivity contribution in [2.45, 2.75) is 46.8 Å². The molecule has 39 heavy (non-hydrogen) atoms. The Balaban J connectivity index is 1.95. The number of carbonyl (C=O) groups excluding carboxylic acids is 2. The molecule has 0 amide bonds. The van der Waals surface area contributed by atoms with E-state index in [1.165, 1.54) is 29.9 Å². The summed E-state index contributed by atoms with van der Waals surface area (Å²) in [6.45, 7) is 8.76. The summed E-state index contributed by atoms with van der Waals surface area (Å²) in [5, 5.41) is 0. The average molecular weight is 551 g/mol. The monoisotopic (exact) mass is 550 g/mol. The van der Waals surface area contributed by atoms with Crippen LogP contribution in [0.1, 0.15) is 51.8 Å². The average Bonchev–Trinajstić information content (AvgIpc) is 3.18. The van der Waals surface area contributed by atoms with E-state index in [0.717, 1.165) is 0 Å². The number of hydrogen-bond donors (Lipinski definition) is 0. The van der Waals surface area contributed by atoms with Crippen molar-refractivity contribution in [2.75, 3.05) is 13.7 Å². The lowest BCUT2D eigenvalue weighted by atomic mass is 9.95. The van der Waals surface area contributed by atoms with E-state index in [0.29, 0.717) is 43.4 Å². The van der Waals surface area contributed by atoms with Crippen LogP contribution in [-0.4, -0.2) is 36.3 Å². The van der Waals surface area contributed by atoms with Crippen molar-refractivity contribution in [1.82, 2.24) is 4.57 Å². The minimum absolute atomic E-state index is 0.0745. The van der Waals surface area contributed by atoms with Gasteiger partial charge in [-0.15, -0.1) is 0 Å². The summed E-state index contributed by atoms with van der Waals surface area (Å²) in [5.74, 6) is 0.326. The molecule has 1 atom stereocenters. The normalized spacial score (nSPS) is 15.1. The first-order valence-corrected chi connectivity index (χ1v) is 13.3. The largest absolute Gasteiger partial charge is 0.493 e. The maximum atomic E-state index is 13.9. The minimum Gasteiger partial charge on any atom is -0.493 e. The van der Waals surface area contributed by atoms with Gasteiger partial charge in [-0.3, -0.25) is 14.2 Å². The van der Waals surface area contributed by atoms with Gasteiger partial charge in [-0.1, -0.05) is 35.6 Å². The molecule has 10 heteroatoms. The maximum Gasteiger partial charge on any atom is 0.338 e. The number of thiazole rings is 1. The Labute approximate surface area is 229 Å². The summed E-state index contributed by atoms with van der Waals surface area (Å²) in [4.78, 5) is 43.6. The first-order valence-electron chi connectivity index (χ1n) is 12.5. The van der Waals surface area contributed by atoms with E-state index >= 15 is 0 Å². The number of ether oxygens (including phenoxy) is 4. The quantitative estimate of drug-likeness (QED) is 0.312. The lowest BCUT2D eigenvalue weighted by molar-refractivity contribution is -0.139. The second kappa shape index (κ2) is 11.7. The molecule has 0 N–H and O–H groups in total. The Kier molecular flexibility index (Phi) is 8.35. The number of aromatic nitrogens is 1. The van der Waals surface area contributed by atoms with Crippen LogP contribution in [0.2, 0.25) is 0 Å². The predicted octanol–water partition coefficient (Wildman–Crippen LogP) is 3.52. The van der Waals surface area contributed by atoms with E-state index in [1.54, 1.807) is 62.4 Å². The molecule has 0 saturated heterocycles. The third-order valence-corrected chi connectivity index (χ3v) is 6.83. The van der Waals surface area contributed by atoms with Crippen LogP contribution in [0.4, 0.5) is 0 Å². The van der Waals surface area contributed by atoms with Crippen LogP contribution in [0.15, 0.2) is 63.5 Å². The van der Waals surface area contributed by atoms with Gasteiger partial charge in [-0.25, -0.2) is 9.79 Å². The number of esters is 2. The number of hydrogen-bond acceptors (Lipinski definition) is 9. The van der Waals surface area contributed by atoms with Gasteiger partial charge in [-0.2, -0.15) is 0 Å². The van der Waals surface area contributed by atoms with Crippen LogP contribution in [0.3, 0.4) is 0 Å². The number of fused-ring (bicyclic) bond motifs is 1. The van der Waals surface area contributed by atoms with Gasteiger partial charge in [0.15, 0.2) is 16.3 Å². The fourth-order valence-corrected chi connectivity index (χ4v) is 5.34. The first-order chi connectivity index (χ1) is 18.6. The van der Waals surface area contributed by atoms with Crippen molar-refractivity contribution < 1.29 is 28.5 Å². The molecule has 0 aliphatic carbocycles. The highest BCUT2D eigenvalue weighted by Gasteiger charge is 2.34. The van der Waals surface area contributed by atoms with Crippen LogP contribution < -0.4 is 29.1 Å². The molecule has 2 heterocycles. The smallest absolute Gasteiger partial charge is 0.338 e. The number of benzene rings is 2. The lowest BCUT2D eigenvalue weighted by Gasteiger charge is -2.25. The Morgan fingerprint density at radius 3 is 2.54 bits per heavy atom. The molecule has 0 radical (unpaired) electrons. The molecule has 9 nitrogen and oxygen atoms in total. The van der Waals surface area contributed by atoms with Crippen LogP contribution in [0.5, 0.6) is 17.2 Å². The van der Waals surface area contributed by atoms with Crippen molar-refractivity contribution in [1.29, 1.82) is 0 Å². The van der Waals surface area contributed by atoms with Crippen molar-refractivity contribution in [3.8, 4) is 17.2 Å². The zero-order valence-electron chi connectivity index (χ0n) is 22.6. The van der Waals surface area contributed by atoms with Crippen LogP contribution in [-0.2, 0) is 14.3 Å². The van der Waals surface area contributed by atoms with E-state index < -0.39 is 18.0 Å².